The maximum Gasteiger partial charge on any atom is 0.329 e. The van der Waals surface area contributed by atoms with Crippen LogP contribution in [0.3, 0.4) is 0 Å². The number of nitro benzene ring substituents is 1. The van der Waals surface area contributed by atoms with Gasteiger partial charge in [0, 0.05) is 29.5 Å². The van der Waals surface area contributed by atoms with Gasteiger partial charge in [0.2, 0.25) is 5.91 Å². The standard InChI is InChI=1S/C24H20N4O6/c1-14-4-3-5-16(10-14)25-22(29)13-27-23(30)20(26-24(27)31)12-18-8-9-21(34-18)19-11-17(28(32)33)7-6-15(19)2/h3-12H,13H2,1-2H3,(H,25,29)(H,26,31). The van der Waals surface area contributed by atoms with E-state index in [0.717, 1.165) is 16.0 Å². The predicted octanol–water partition coefficient (Wildman–Crippen LogP) is 4.00. The molecule has 1 aliphatic rings. The molecule has 2 heterocycles. The number of anilines is 1. The molecule has 0 spiro atoms. The summed E-state index contributed by atoms with van der Waals surface area (Å²) in [5, 5.41) is 16.2. The third kappa shape index (κ3) is 4.70. The zero-order valence-corrected chi connectivity index (χ0v) is 18.3. The number of aryl methyl sites for hydroxylation is 2. The molecular formula is C24H20N4O6. The van der Waals surface area contributed by atoms with E-state index >= 15 is 0 Å². The number of carbonyl (C=O) groups excluding carboxylic acids is 3. The summed E-state index contributed by atoms with van der Waals surface area (Å²) in [5.74, 6) is -0.555. The first-order valence-corrected chi connectivity index (χ1v) is 10.3. The Morgan fingerprint density at radius 1 is 1.15 bits per heavy atom. The van der Waals surface area contributed by atoms with Crippen molar-refractivity contribution in [1.29, 1.82) is 0 Å². The second kappa shape index (κ2) is 9.02. The van der Waals surface area contributed by atoms with E-state index in [1.54, 1.807) is 43.3 Å². The number of amides is 4. The van der Waals surface area contributed by atoms with E-state index in [1.807, 2.05) is 13.0 Å². The molecule has 0 bridgehead atoms. The molecule has 1 fully saturated rings. The first kappa shape index (κ1) is 22.5. The number of imide groups is 1. The fourth-order valence-electron chi connectivity index (χ4n) is 3.49. The Kier molecular flexibility index (Phi) is 5.96. The van der Waals surface area contributed by atoms with Gasteiger partial charge in [0.05, 0.1) is 4.92 Å². The van der Waals surface area contributed by atoms with E-state index in [1.165, 1.54) is 18.2 Å². The van der Waals surface area contributed by atoms with Gasteiger partial charge in [-0.15, -0.1) is 0 Å². The van der Waals surface area contributed by atoms with E-state index in [2.05, 4.69) is 10.6 Å². The summed E-state index contributed by atoms with van der Waals surface area (Å²) in [7, 11) is 0. The number of rotatable bonds is 6. The summed E-state index contributed by atoms with van der Waals surface area (Å²) in [6, 6.07) is 14.0. The van der Waals surface area contributed by atoms with Crippen LogP contribution in [0.1, 0.15) is 16.9 Å². The molecule has 172 valence electrons. The maximum atomic E-state index is 12.7. The summed E-state index contributed by atoms with van der Waals surface area (Å²) >= 11 is 0. The van der Waals surface area contributed by atoms with Crippen LogP contribution in [0.2, 0.25) is 0 Å². The Hall–Kier alpha value is -4.73. The van der Waals surface area contributed by atoms with Gasteiger partial charge in [-0.1, -0.05) is 18.2 Å². The molecule has 10 nitrogen and oxygen atoms in total. The quantitative estimate of drug-likeness (QED) is 0.247. The van der Waals surface area contributed by atoms with Crippen LogP contribution >= 0.6 is 0 Å². The monoisotopic (exact) mass is 460 g/mol. The van der Waals surface area contributed by atoms with E-state index in [-0.39, 0.29) is 17.1 Å². The van der Waals surface area contributed by atoms with Crippen LogP contribution in [0.4, 0.5) is 16.2 Å². The second-order valence-corrected chi connectivity index (χ2v) is 7.76. The van der Waals surface area contributed by atoms with E-state index in [0.29, 0.717) is 17.0 Å². The van der Waals surface area contributed by atoms with E-state index < -0.39 is 29.3 Å². The van der Waals surface area contributed by atoms with Crippen molar-refractivity contribution in [2.24, 2.45) is 0 Å². The molecule has 0 radical (unpaired) electrons. The Balaban J connectivity index is 1.49. The summed E-state index contributed by atoms with van der Waals surface area (Å²) in [6.45, 7) is 3.22. The lowest BCUT2D eigenvalue weighted by atomic mass is 10.1. The number of nitrogens with one attached hydrogen (secondary N) is 2. The molecule has 4 rings (SSSR count). The zero-order valence-electron chi connectivity index (χ0n) is 18.3. The Morgan fingerprint density at radius 3 is 2.68 bits per heavy atom. The van der Waals surface area contributed by atoms with Crippen LogP contribution in [0.15, 0.2) is 64.7 Å². The van der Waals surface area contributed by atoms with Gasteiger partial charge in [-0.05, 0) is 49.2 Å². The Labute approximate surface area is 194 Å². The summed E-state index contributed by atoms with van der Waals surface area (Å²) in [5.41, 5.74) is 2.70. The van der Waals surface area contributed by atoms with Gasteiger partial charge < -0.3 is 15.1 Å². The van der Waals surface area contributed by atoms with Gasteiger partial charge in [0.15, 0.2) is 0 Å². The lowest BCUT2D eigenvalue weighted by Crippen LogP contribution is -2.38. The van der Waals surface area contributed by atoms with Gasteiger partial charge in [-0.25, -0.2) is 9.69 Å². The average molecular weight is 460 g/mol. The highest BCUT2D eigenvalue weighted by atomic mass is 16.6. The summed E-state index contributed by atoms with van der Waals surface area (Å²) < 4.78 is 5.74. The third-order valence-corrected chi connectivity index (χ3v) is 5.18. The molecular weight excluding hydrogens is 440 g/mol. The molecule has 1 aliphatic heterocycles. The molecule has 2 N–H and O–H groups in total. The van der Waals surface area contributed by atoms with E-state index in [9.17, 15) is 24.5 Å². The number of hydrogen-bond acceptors (Lipinski definition) is 6. The van der Waals surface area contributed by atoms with Crippen molar-refractivity contribution < 1.29 is 23.7 Å². The van der Waals surface area contributed by atoms with Crippen molar-refractivity contribution in [3.63, 3.8) is 0 Å². The number of carbonyl (C=O) groups is 3. The molecule has 34 heavy (non-hydrogen) atoms. The molecule has 0 saturated carbocycles. The molecule has 0 aliphatic carbocycles. The number of nitro groups is 1. The van der Waals surface area contributed by atoms with Gasteiger partial charge in [-0.2, -0.15) is 0 Å². The predicted molar refractivity (Wildman–Crippen MR) is 124 cm³/mol. The van der Waals surface area contributed by atoms with Crippen LogP contribution < -0.4 is 10.6 Å². The minimum absolute atomic E-state index is 0.0509. The second-order valence-electron chi connectivity index (χ2n) is 7.76. The SMILES string of the molecule is Cc1cccc(NC(=O)CN2C(=O)NC(=Cc3ccc(-c4cc([N+](=O)[O-])ccc4C)o3)C2=O)c1. The third-order valence-electron chi connectivity index (χ3n) is 5.18. The molecule has 3 aromatic rings. The first-order chi connectivity index (χ1) is 16.2. The normalized spacial score (nSPS) is 14.4. The number of nitrogens with zero attached hydrogens (tertiary/aromatic N) is 2. The fourth-order valence-corrected chi connectivity index (χ4v) is 3.49. The topological polar surface area (TPSA) is 135 Å². The van der Waals surface area contributed by atoms with Crippen LogP contribution in [-0.2, 0) is 9.59 Å². The highest BCUT2D eigenvalue weighted by Gasteiger charge is 2.35. The molecule has 1 aromatic heterocycles. The number of furan rings is 1. The van der Waals surface area contributed by atoms with Crippen molar-refractivity contribution in [2.45, 2.75) is 13.8 Å². The molecule has 2 aromatic carbocycles. The van der Waals surface area contributed by atoms with E-state index in [4.69, 9.17) is 4.42 Å². The maximum absolute atomic E-state index is 12.7. The van der Waals surface area contributed by atoms with Crippen molar-refractivity contribution >= 4 is 35.3 Å². The van der Waals surface area contributed by atoms with Crippen LogP contribution in [-0.4, -0.2) is 34.2 Å². The van der Waals surface area contributed by atoms with Gasteiger partial charge >= 0.3 is 6.03 Å². The number of urea groups is 1. The Bertz CT molecular complexity index is 1360. The molecule has 1 saturated heterocycles. The minimum Gasteiger partial charge on any atom is -0.457 e. The number of benzene rings is 2. The van der Waals surface area contributed by atoms with Crippen molar-refractivity contribution in [1.82, 2.24) is 10.2 Å². The smallest absolute Gasteiger partial charge is 0.329 e. The molecule has 0 atom stereocenters. The summed E-state index contributed by atoms with van der Waals surface area (Å²) in [6.07, 6.45) is 1.34. The lowest BCUT2D eigenvalue weighted by Gasteiger charge is -2.12. The minimum atomic E-state index is -0.725. The molecule has 10 heteroatoms. The van der Waals surface area contributed by atoms with Crippen LogP contribution in [0.5, 0.6) is 0 Å². The van der Waals surface area contributed by atoms with Gasteiger partial charge in [-0.3, -0.25) is 19.7 Å². The van der Waals surface area contributed by atoms with Crippen LogP contribution in [0, 0.1) is 24.0 Å². The highest BCUT2D eigenvalue weighted by molar-refractivity contribution is 6.15. The van der Waals surface area contributed by atoms with Crippen molar-refractivity contribution in [3.8, 4) is 11.3 Å². The van der Waals surface area contributed by atoms with Gasteiger partial charge in [0.25, 0.3) is 11.6 Å². The number of hydrogen-bond donors (Lipinski definition) is 2. The summed E-state index contributed by atoms with van der Waals surface area (Å²) in [4.78, 5) is 48.7. The number of non-ortho nitro benzene ring substituents is 1. The Morgan fingerprint density at radius 2 is 1.94 bits per heavy atom. The van der Waals surface area contributed by atoms with Crippen molar-refractivity contribution in [2.75, 3.05) is 11.9 Å². The fraction of sp³-hybridized carbons (Fsp3) is 0.125. The van der Waals surface area contributed by atoms with Crippen LogP contribution in [0.25, 0.3) is 17.4 Å². The molecule has 0 unspecified atom stereocenters. The highest BCUT2D eigenvalue weighted by Crippen LogP contribution is 2.30. The average Bonchev–Trinajstić information content (AvgIpc) is 3.34. The zero-order chi connectivity index (χ0) is 24.4. The van der Waals surface area contributed by atoms with Crippen molar-refractivity contribution in [3.05, 3.63) is 87.3 Å². The first-order valence-electron chi connectivity index (χ1n) is 10.3. The largest absolute Gasteiger partial charge is 0.457 e. The van der Waals surface area contributed by atoms with Gasteiger partial charge in [0.1, 0.15) is 23.8 Å². The lowest BCUT2D eigenvalue weighted by molar-refractivity contribution is -0.384. The molecule has 4 amide bonds.